The van der Waals surface area contributed by atoms with Gasteiger partial charge < -0.3 is 10.2 Å². The SMILES string of the molecule is C[C@@H](NC(=O)C1CCN(C(=O)c2ccccc2)CC1)c1ccccc1. The number of hydrogen-bond donors (Lipinski definition) is 1. The van der Waals surface area contributed by atoms with Crippen LogP contribution in [0.4, 0.5) is 0 Å². The summed E-state index contributed by atoms with van der Waals surface area (Å²) in [4.78, 5) is 26.8. The molecular weight excluding hydrogens is 312 g/mol. The Morgan fingerprint density at radius 1 is 0.960 bits per heavy atom. The fraction of sp³-hybridized carbons (Fsp3) is 0.333. The molecule has 130 valence electrons. The van der Waals surface area contributed by atoms with E-state index in [1.807, 2.05) is 72.5 Å². The second-order valence-electron chi connectivity index (χ2n) is 6.57. The summed E-state index contributed by atoms with van der Waals surface area (Å²) < 4.78 is 0. The van der Waals surface area contributed by atoms with Crippen LogP contribution in [0.25, 0.3) is 0 Å². The summed E-state index contributed by atoms with van der Waals surface area (Å²) in [5.41, 5.74) is 1.82. The van der Waals surface area contributed by atoms with Crippen LogP contribution in [0.3, 0.4) is 0 Å². The van der Waals surface area contributed by atoms with Gasteiger partial charge in [0.15, 0.2) is 0 Å². The summed E-state index contributed by atoms with van der Waals surface area (Å²) in [6, 6.07) is 19.3. The standard InChI is InChI=1S/C21H24N2O2/c1-16(17-8-4-2-5-9-17)22-20(24)18-12-14-23(15-13-18)21(25)19-10-6-3-7-11-19/h2-11,16,18H,12-15H2,1H3,(H,22,24)/t16-/m1/s1. The van der Waals surface area contributed by atoms with E-state index in [0.717, 1.165) is 5.56 Å². The number of rotatable bonds is 4. The number of amides is 2. The lowest BCUT2D eigenvalue weighted by Crippen LogP contribution is -2.43. The zero-order valence-corrected chi connectivity index (χ0v) is 14.5. The highest BCUT2D eigenvalue weighted by molar-refractivity contribution is 5.94. The fourth-order valence-electron chi connectivity index (χ4n) is 3.26. The quantitative estimate of drug-likeness (QED) is 0.930. The van der Waals surface area contributed by atoms with Crippen LogP contribution < -0.4 is 5.32 Å². The van der Waals surface area contributed by atoms with Gasteiger partial charge in [-0.15, -0.1) is 0 Å². The molecule has 1 aliphatic heterocycles. The molecule has 1 saturated heterocycles. The van der Waals surface area contributed by atoms with Crippen molar-refractivity contribution in [2.24, 2.45) is 5.92 Å². The lowest BCUT2D eigenvalue weighted by Gasteiger charge is -2.32. The molecule has 0 radical (unpaired) electrons. The van der Waals surface area contributed by atoms with Crippen LogP contribution in [0.2, 0.25) is 0 Å². The summed E-state index contributed by atoms with van der Waals surface area (Å²) in [5, 5.41) is 3.10. The minimum Gasteiger partial charge on any atom is -0.349 e. The minimum absolute atomic E-state index is 0.00215. The Hall–Kier alpha value is -2.62. The van der Waals surface area contributed by atoms with Crippen LogP contribution in [-0.2, 0) is 4.79 Å². The fourth-order valence-corrected chi connectivity index (χ4v) is 3.26. The maximum atomic E-state index is 12.5. The van der Waals surface area contributed by atoms with Crippen LogP contribution in [0.5, 0.6) is 0 Å². The van der Waals surface area contributed by atoms with Crippen LogP contribution in [-0.4, -0.2) is 29.8 Å². The van der Waals surface area contributed by atoms with Gasteiger partial charge in [-0.2, -0.15) is 0 Å². The van der Waals surface area contributed by atoms with Crippen molar-refractivity contribution in [3.8, 4) is 0 Å². The topological polar surface area (TPSA) is 49.4 Å². The zero-order valence-electron chi connectivity index (χ0n) is 14.5. The molecule has 2 aromatic rings. The molecule has 2 amide bonds. The van der Waals surface area contributed by atoms with Crippen LogP contribution in [0.15, 0.2) is 60.7 Å². The van der Waals surface area contributed by atoms with Crippen molar-refractivity contribution in [2.45, 2.75) is 25.8 Å². The Balaban J connectivity index is 1.52. The summed E-state index contributed by atoms with van der Waals surface area (Å²) in [5.74, 6) is 0.117. The highest BCUT2D eigenvalue weighted by Crippen LogP contribution is 2.21. The maximum Gasteiger partial charge on any atom is 0.253 e. The van der Waals surface area contributed by atoms with Gasteiger partial charge in [0, 0.05) is 24.6 Å². The molecule has 1 atom stereocenters. The molecule has 25 heavy (non-hydrogen) atoms. The second-order valence-corrected chi connectivity index (χ2v) is 6.57. The molecule has 1 heterocycles. The lowest BCUT2D eigenvalue weighted by atomic mass is 9.94. The molecule has 0 saturated carbocycles. The molecule has 0 unspecified atom stereocenters. The van der Waals surface area contributed by atoms with Gasteiger partial charge in [0.05, 0.1) is 6.04 Å². The molecule has 4 nitrogen and oxygen atoms in total. The monoisotopic (exact) mass is 336 g/mol. The van der Waals surface area contributed by atoms with Crippen LogP contribution in [0.1, 0.15) is 41.7 Å². The Morgan fingerprint density at radius 3 is 2.12 bits per heavy atom. The minimum atomic E-state index is -0.0222. The Labute approximate surface area is 148 Å². The number of nitrogens with one attached hydrogen (secondary N) is 1. The van der Waals surface area contributed by atoms with Crippen LogP contribution >= 0.6 is 0 Å². The van der Waals surface area contributed by atoms with E-state index in [4.69, 9.17) is 0 Å². The van der Waals surface area contributed by atoms with Crippen molar-refractivity contribution >= 4 is 11.8 Å². The first-order valence-corrected chi connectivity index (χ1v) is 8.85. The molecular formula is C21H24N2O2. The number of carbonyl (C=O) groups excluding carboxylic acids is 2. The zero-order chi connectivity index (χ0) is 17.6. The van der Waals surface area contributed by atoms with Crippen molar-refractivity contribution in [1.29, 1.82) is 0 Å². The molecule has 4 heteroatoms. The van der Waals surface area contributed by atoms with E-state index < -0.39 is 0 Å². The van der Waals surface area contributed by atoms with E-state index in [9.17, 15) is 9.59 Å². The van der Waals surface area contributed by atoms with Gasteiger partial charge in [-0.1, -0.05) is 48.5 Å². The summed E-state index contributed by atoms with van der Waals surface area (Å²) >= 11 is 0. The van der Waals surface area contributed by atoms with E-state index in [1.54, 1.807) is 0 Å². The predicted molar refractivity (Wildman–Crippen MR) is 98.1 cm³/mol. The van der Waals surface area contributed by atoms with Gasteiger partial charge in [0.25, 0.3) is 5.91 Å². The average Bonchev–Trinajstić information content (AvgIpc) is 2.69. The van der Waals surface area contributed by atoms with Crippen molar-refractivity contribution < 1.29 is 9.59 Å². The molecule has 0 aliphatic carbocycles. The van der Waals surface area contributed by atoms with E-state index in [0.29, 0.717) is 31.5 Å². The van der Waals surface area contributed by atoms with E-state index >= 15 is 0 Å². The van der Waals surface area contributed by atoms with Gasteiger partial charge in [0.2, 0.25) is 5.91 Å². The molecule has 0 spiro atoms. The van der Waals surface area contributed by atoms with Gasteiger partial charge in [-0.3, -0.25) is 9.59 Å². The van der Waals surface area contributed by atoms with Gasteiger partial charge in [-0.05, 0) is 37.5 Å². The normalized spacial score (nSPS) is 16.3. The van der Waals surface area contributed by atoms with Crippen molar-refractivity contribution in [3.63, 3.8) is 0 Å². The lowest BCUT2D eigenvalue weighted by molar-refractivity contribution is -0.126. The number of piperidine rings is 1. The molecule has 0 aromatic heterocycles. The van der Waals surface area contributed by atoms with E-state index in [-0.39, 0.29) is 23.8 Å². The van der Waals surface area contributed by atoms with Gasteiger partial charge in [-0.25, -0.2) is 0 Å². The number of nitrogens with zero attached hydrogens (tertiary/aromatic N) is 1. The number of carbonyl (C=O) groups is 2. The summed E-state index contributed by atoms with van der Waals surface area (Å²) in [7, 11) is 0. The highest BCUT2D eigenvalue weighted by Gasteiger charge is 2.28. The Morgan fingerprint density at radius 2 is 1.52 bits per heavy atom. The summed E-state index contributed by atoms with van der Waals surface area (Å²) in [6.45, 7) is 3.26. The van der Waals surface area contributed by atoms with Gasteiger partial charge in [0.1, 0.15) is 0 Å². The largest absolute Gasteiger partial charge is 0.349 e. The Bertz CT molecular complexity index is 707. The first-order valence-electron chi connectivity index (χ1n) is 8.85. The third kappa shape index (κ3) is 4.27. The second kappa shape index (κ2) is 7.97. The van der Waals surface area contributed by atoms with E-state index in [1.165, 1.54) is 0 Å². The summed E-state index contributed by atoms with van der Waals surface area (Å²) in [6.07, 6.45) is 1.43. The van der Waals surface area contributed by atoms with Gasteiger partial charge >= 0.3 is 0 Å². The predicted octanol–water partition coefficient (Wildman–Crippen LogP) is 3.42. The molecule has 1 fully saturated rings. The van der Waals surface area contributed by atoms with Crippen LogP contribution in [0, 0.1) is 5.92 Å². The van der Waals surface area contributed by atoms with Crippen molar-refractivity contribution in [3.05, 3.63) is 71.8 Å². The average molecular weight is 336 g/mol. The highest BCUT2D eigenvalue weighted by atomic mass is 16.2. The number of hydrogen-bond acceptors (Lipinski definition) is 2. The molecule has 1 aliphatic rings. The first-order chi connectivity index (χ1) is 12.1. The number of likely N-dealkylation sites (tertiary alicyclic amines) is 1. The molecule has 2 aromatic carbocycles. The Kier molecular flexibility index (Phi) is 5.49. The van der Waals surface area contributed by atoms with Crippen molar-refractivity contribution in [1.82, 2.24) is 10.2 Å². The maximum absolute atomic E-state index is 12.5. The van der Waals surface area contributed by atoms with E-state index in [2.05, 4.69) is 5.32 Å². The molecule has 3 rings (SSSR count). The molecule has 0 bridgehead atoms. The third-order valence-corrected chi connectivity index (χ3v) is 4.83. The smallest absolute Gasteiger partial charge is 0.253 e. The third-order valence-electron chi connectivity index (χ3n) is 4.83. The van der Waals surface area contributed by atoms with Crippen molar-refractivity contribution in [2.75, 3.05) is 13.1 Å². The molecule has 1 N–H and O–H groups in total. The number of benzene rings is 2. The first kappa shape index (κ1) is 17.2.